The summed E-state index contributed by atoms with van der Waals surface area (Å²) >= 11 is 1.59. The van der Waals surface area contributed by atoms with Crippen LogP contribution in [0.15, 0.2) is 29.6 Å². The van der Waals surface area contributed by atoms with Gasteiger partial charge in [0, 0.05) is 17.6 Å². The number of aromatic nitrogens is 1. The van der Waals surface area contributed by atoms with Crippen LogP contribution < -0.4 is 4.90 Å². The van der Waals surface area contributed by atoms with E-state index in [1.165, 1.54) is 5.56 Å². The minimum Gasteiger partial charge on any atom is -0.459 e. The van der Waals surface area contributed by atoms with Gasteiger partial charge in [-0.25, -0.2) is 4.98 Å². The van der Waals surface area contributed by atoms with Gasteiger partial charge in [0.05, 0.1) is 22.5 Å². The van der Waals surface area contributed by atoms with Crippen molar-refractivity contribution in [2.24, 2.45) is 11.8 Å². The van der Waals surface area contributed by atoms with Gasteiger partial charge in [-0.05, 0) is 37.3 Å². The molecule has 148 valence electrons. The Morgan fingerprint density at radius 2 is 2.00 bits per heavy atom. The van der Waals surface area contributed by atoms with Gasteiger partial charge >= 0.3 is 5.97 Å². The van der Waals surface area contributed by atoms with Crippen LogP contribution in [0.5, 0.6) is 0 Å². The molecule has 1 fully saturated rings. The number of anilines is 1. The Kier molecular flexibility index (Phi) is 5.76. The Hall–Kier alpha value is -2.21. The van der Waals surface area contributed by atoms with Gasteiger partial charge in [-0.1, -0.05) is 38.0 Å². The Morgan fingerprint density at radius 1 is 1.21 bits per heavy atom. The number of amides is 1. The molecule has 1 aliphatic carbocycles. The molecule has 4 rings (SSSR count). The van der Waals surface area contributed by atoms with Crippen molar-refractivity contribution in [1.29, 1.82) is 0 Å². The summed E-state index contributed by atoms with van der Waals surface area (Å²) in [7, 11) is 0. The second-order valence-electron chi connectivity index (χ2n) is 7.56. The molecule has 5 nitrogen and oxygen atoms in total. The lowest BCUT2D eigenvalue weighted by molar-refractivity contribution is -0.155. The van der Waals surface area contributed by atoms with Crippen LogP contribution in [0.2, 0.25) is 0 Å². The number of nitrogens with zero attached hydrogens (tertiary/aromatic N) is 2. The first-order valence-electron chi connectivity index (χ1n) is 10.2. The van der Waals surface area contributed by atoms with E-state index in [0.29, 0.717) is 6.54 Å². The third-order valence-corrected chi connectivity index (χ3v) is 6.85. The van der Waals surface area contributed by atoms with Crippen LogP contribution in [0.25, 0.3) is 0 Å². The molecule has 1 amide bonds. The number of rotatable bonds is 5. The molecule has 1 aliphatic heterocycles. The zero-order valence-corrected chi connectivity index (χ0v) is 17.0. The first-order valence-corrected chi connectivity index (χ1v) is 11.0. The minimum atomic E-state index is -0.349. The first-order chi connectivity index (χ1) is 13.7. The zero-order chi connectivity index (χ0) is 19.5. The fourth-order valence-corrected chi connectivity index (χ4v) is 5.04. The summed E-state index contributed by atoms with van der Waals surface area (Å²) in [5.74, 6) is -0.808. The van der Waals surface area contributed by atoms with E-state index < -0.39 is 0 Å². The van der Waals surface area contributed by atoms with Crippen molar-refractivity contribution >= 4 is 28.9 Å². The van der Waals surface area contributed by atoms with Crippen molar-refractivity contribution < 1.29 is 14.3 Å². The minimum absolute atomic E-state index is 0.0773. The van der Waals surface area contributed by atoms with Crippen molar-refractivity contribution in [1.82, 2.24) is 4.98 Å². The van der Waals surface area contributed by atoms with E-state index in [1.807, 2.05) is 28.5 Å². The quantitative estimate of drug-likeness (QED) is 0.710. The van der Waals surface area contributed by atoms with Crippen molar-refractivity contribution in [3.05, 3.63) is 45.9 Å². The molecular weight excluding hydrogens is 372 g/mol. The normalized spacial score (nSPS) is 21.4. The van der Waals surface area contributed by atoms with Crippen molar-refractivity contribution in [3.63, 3.8) is 0 Å². The predicted molar refractivity (Wildman–Crippen MR) is 109 cm³/mol. The number of carbonyl (C=O) groups excluding carboxylic acids is 2. The lowest BCUT2D eigenvalue weighted by atomic mass is 9.78. The number of ether oxygens (including phenoxy) is 1. The van der Waals surface area contributed by atoms with Gasteiger partial charge in [0.2, 0.25) is 5.91 Å². The smallest absolute Gasteiger partial charge is 0.310 e. The SMILES string of the molecule is CCc1nc(COC(=O)C2CCCCC2C(=O)N2CCc3ccccc32)cs1. The number of fused-ring (bicyclic) bond motifs is 1. The van der Waals surface area contributed by atoms with Crippen molar-refractivity contribution in [2.75, 3.05) is 11.4 Å². The maximum Gasteiger partial charge on any atom is 0.310 e. The lowest BCUT2D eigenvalue weighted by Crippen LogP contribution is -2.42. The molecule has 28 heavy (non-hydrogen) atoms. The predicted octanol–water partition coefficient (Wildman–Crippen LogP) is 4.14. The molecule has 6 heteroatoms. The third-order valence-electron chi connectivity index (χ3n) is 5.80. The van der Waals surface area contributed by atoms with E-state index in [4.69, 9.17) is 4.74 Å². The van der Waals surface area contributed by atoms with E-state index in [9.17, 15) is 9.59 Å². The third kappa shape index (κ3) is 3.83. The molecule has 1 saturated carbocycles. The molecule has 1 aromatic carbocycles. The standard InChI is InChI=1S/C22H26N2O3S/c1-2-20-23-16(14-28-20)13-27-22(26)18-9-5-4-8-17(18)21(25)24-12-11-15-7-3-6-10-19(15)24/h3,6-7,10,14,17-18H,2,4-5,8-9,11-13H2,1H3. The fourth-order valence-electron chi connectivity index (χ4n) is 4.31. The molecule has 0 N–H and O–H groups in total. The van der Waals surface area contributed by atoms with Gasteiger partial charge in [-0.3, -0.25) is 9.59 Å². The van der Waals surface area contributed by atoms with Crippen LogP contribution in [0.1, 0.15) is 48.9 Å². The number of esters is 1. The highest BCUT2D eigenvalue weighted by Crippen LogP contribution is 2.36. The molecule has 2 aromatic rings. The highest BCUT2D eigenvalue weighted by molar-refractivity contribution is 7.09. The number of thiazole rings is 1. The molecule has 2 aliphatic rings. The summed E-state index contributed by atoms with van der Waals surface area (Å²) in [4.78, 5) is 32.4. The first kappa shape index (κ1) is 19.1. The van der Waals surface area contributed by atoms with E-state index in [1.54, 1.807) is 11.3 Å². The van der Waals surface area contributed by atoms with Crippen LogP contribution in [-0.4, -0.2) is 23.4 Å². The second kappa shape index (κ2) is 8.43. The maximum atomic E-state index is 13.3. The topological polar surface area (TPSA) is 59.5 Å². The van der Waals surface area contributed by atoms with Crippen LogP contribution in [-0.2, 0) is 33.8 Å². The second-order valence-corrected chi connectivity index (χ2v) is 8.50. The van der Waals surface area contributed by atoms with Gasteiger partial charge < -0.3 is 9.64 Å². The number of aryl methyl sites for hydroxylation is 1. The van der Waals surface area contributed by atoms with Gasteiger partial charge in [0.25, 0.3) is 0 Å². The van der Waals surface area contributed by atoms with E-state index in [2.05, 4.69) is 18.0 Å². The molecule has 0 radical (unpaired) electrons. The largest absolute Gasteiger partial charge is 0.459 e. The molecule has 0 spiro atoms. The van der Waals surface area contributed by atoms with Crippen LogP contribution in [0.3, 0.4) is 0 Å². The molecule has 0 bridgehead atoms. The van der Waals surface area contributed by atoms with Gasteiger partial charge in [-0.15, -0.1) is 11.3 Å². The highest BCUT2D eigenvalue weighted by Gasteiger charge is 2.40. The molecule has 1 aromatic heterocycles. The van der Waals surface area contributed by atoms with Gasteiger partial charge in [0.1, 0.15) is 6.61 Å². The summed E-state index contributed by atoms with van der Waals surface area (Å²) in [5, 5.41) is 2.99. The van der Waals surface area contributed by atoms with Crippen molar-refractivity contribution in [3.8, 4) is 0 Å². The van der Waals surface area contributed by atoms with Crippen molar-refractivity contribution in [2.45, 2.75) is 52.1 Å². The summed E-state index contributed by atoms with van der Waals surface area (Å²) in [6, 6.07) is 8.06. The molecule has 2 unspecified atom stereocenters. The van der Waals surface area contributed by atoms with E-state index in [0.717, 1.165) is 54.9 Å². The number of hydrogen-bond donors (Lipinski definition) is 0. The Morgan fingerprint density at radius 3 is 2.79 bits per heavy atom. The Bertz CT molecular complexity index is 863. The Labute approximate surface area is 169 Å². The highest BCUT2D eigenvalue weighted by atomic mass is 32.1. The monoisotopic (exact) mass is 398 g/mol. The van der Waals surface area contributed by atoms with E-state index in [-0.39, 0.29) is 30.3 Å². The average molecular weight is 399 g/mol. The average Bonchev–Trinajstić information content (AvgIpc) is 3.38. The lowest BCUT2D eigenvalue weighted by Gasteiger charge is -2.32. The molecule has 0 saturated heterocycles. The van der Waals surface area contributed by atoms with Gasteiger partial charge in [0.15, 0.2) is 0 Å². The summed E-state index contributed by atoms with van der Waals surface area (Å²) in [5.41, 5.74) is 3.00. The van der Waals surface area contributed by atoms with Crippen LogP contribution in [0, 0.1) is 11.8 Å². The zero-order valence-electron chi connectivity index (χ0n) is 16.2. The van der Waals surface area contributed by atoms with Crippen LogP contribution in [0.4, 0.5) is 5.69 Å². The summed E-state index contributed by atoms with van der Waals surface area (Å²) < 4.78 is 5.57. The number of para-hydroxylation sites is 1. The molecule has 2 atom stereocenters. The number of hydrogen-bond acceptors (Lipinski definition) is 5. The summed E-state index contributed by atoms with van der Waals surface area (Å²) in [6.45, 7) is 2.96. The number of benzene rings is 1. The summed E-state index contributed by atoms with van der Waals surface area (Å²) in [6.07, 6.45) is 5.21. The molecule has 2 heterocycles. The van der Waals surface area contributed by atoms with Crippen LogP contribution >= 0.6 is 11.3 Å². The Balaban J connectivity index is 1.44. The van der Waals surface area contributed by atoms with Gasteiger partial charge in [-0.2, -0.15) is 0 Å². The number of carbonyl (C=O) groups is 2. The maximum absolute atomic E-state index is 13.3. The fraction of sp³-hybridized carbons (Fsp3) is 0.500. The molecular formula is C22H26N2O3S. The van der Waals surface area contributed by atoms with E-state index >= 15 is 0 Å².